The van der Waals surface area contributed by atoms with Crippen LogP contribution >= 0.6 is 23.2 Å². The Balaban J connectivity index is 0.000000163. The van der Waals surface area contributed by atoms with Crippen LogP contribution in [0.4, 0.5) is 11.4 Å². The number of rotatable bonds is 7. The molecule has 3 aromatic heterocycles. The van der Waals surface area contributed by atoms with Gasteiger partial charge in [-0.2, -0.15) is 0 Å². The van der Waals surface area contributed by atoms with Gasteiger partial charge in [-0.05, 0) is 111 Å². The predicted molar refractivity (Wildman–Crippen MR) is 230 cm³/mol. The molecule has 5 aromatic carbocycles. The zero-order chi connectivity index (χ0) is 40.5. The molecule has 2 saturated heterocycles. The van der Waals surface area contributed by atoms with E-state index in [1.54, 1.807) is 36.4 Å². The maximum atomic E-state index is 11.9. The van der Waals surface area contributed by atoms with Crippen molar-refractivity contribution in [1.29, 1.82) is 0 Å². The lowest BCUT2D eigenvalue weighted by Gasteiger charge is -2.26. The third kappa shape index (κ3) is 8.22. The first-order valence-corrected chi connectivity index (χ1v) is 20.2. The number of methoxy groups -OCH3 is 1. The molecule has 0 unspecified atom stereocenters. The van der Waals surface area contributed by atoms with E-state index in [1.165, 1.54) is 7.11 Å². The van der Waals surface area contributed by atoms with E-state index in [-0.39, 0.29) is 12.0 Å². The van der Waals surface area contributed by atoms with Crippen LogP contribution in [-0.4, -0.2) is 65.1 Å². The van der Waals surface area contributed by atoms with Gasteiger partial charge in [-0.3, -0.25) is 0 Å². The van der Waals surface area contributed by atoms with Crippen LogP contribution in [0.5, 0.6) is 0 Å². The van der Waals surface area contributed by atoms with Gasteiger partial charge in [0.15, 0.2) is 11.2 Å². The molecular formula is C45H40Cl2N6O6. The van der Waals surface area contributed by atoms with E-state index in [0.29, 0.717) is 69.0 Å². The summed E-state index contributed by atoms with van der Waals surface area (Å²) in [5.74, 6) is 1.55. The summed E-state index contributed by atoms with van der Waals surface area (Å²) in [6.45, 7) is 3.02. The van der Waals surface area contributed by atoms with E-state index >= 15 is 0 Å². The third-order valence-electron chi connectivity index (χ3n) is 10.6. The van der Waals surface area contributed by atoms with Crippen molar-refractivity contribution in [3.8, 4) is 34.3 Å². The van der Waals surface area contributed by atoms with Gasteiger partial charge in [0.2, 0.25) is 11.8 Å². The molecular weight excluding hydrogens is 791 g/mol. The molecule has 59 heavy (non-hydrogen) atoms. The molecule has 300 valence electrons. The first kappa shape index (κ1) is 38.6. The standard InChI is InChI=1S/C27H22ClN3O4.C18H18ClN3O2/c1-33-27(32)17-4-2-16(3-5-17)25-29-21-14-18(26-30-22-15-19(28)7-9-24(22)35-26)6-8-23(21)31(25)20-10-12-34-13-11-20;19-12-2-4-17-16(10-12)22-18(24-17)11-1-3-15(14(20)9-11)21-13-5-7-23-8-6-13/h2-9,14-15,20H,10-13H2,1H3;1-4,9-10,13,21H,5-8,20H2. The second-order valence-electron chi connectivity index (χ2n) is 14.5. The smallest absolute Gasteiger partial charge is 0.337 e. The number of benzene rings is 5. The fourth-order valence-electron chi connectivity index (χ4n) is 7.56. The lowest BCUT2D eigenvalue weighted by Crippen LogP contribution is -2.28. The van der Waals surface area contributed by atoms with Gasteiger partial charge in [0, 0.05) is 65.2 Å². The number of hydrogen-bond donors (Lipinski definition) is 2. The van der Waals surface area contributed by atoms with Crippen molar-refractivity contribution < 1.29 is 27.8 Å². The van der Waals surface area contributed by atoms with Gasteiger partial charge in [-0.15, -0.1) is 0 Å². The number of hydrogen-bond acceptors (Lipinski definition) is 11. The van der Waals surface area contributed by atoms with Gasteiger partial charge in [0.1, 0.15) is 16.9 Å². The molecule has 14 heteroatoms. The molecule has 8 aromatic rings. The van der Waals surface area contributed by atoms with Gasteiger partial charge in [-0.1, -0.05) is 35.3 Å². The second-order valence-corrected chi connectivity index (χ2v) is 15.4. The molecule has 0 aliphatic carbocycles. The summed E-state index contributed by atoms with van der Waals surface area (Å²) in [4.78, 5) is 26.0. The molecule has 2 aliphatic heterocycles. The Labute approximate surface area is 349 Å². The number of nitrogens with one attached hydrogen (secondary N) is 1. The van der Waals surface area contributed by atoms with Crippen molar-refractivity contribution in [3.05, 3.63) is 113 Å². The number of ether oxygens (including phenoxy) is 3. The van der Waals surface area contributed by atoms with Gasteiger partial charge in [-0.25, -0.2) is 19.7 Å². The molecule has 0 radical (unpaired) electrons. The minimum absolute atomic E-state index is 0.265. The fraction of sp³-hybridized carbons (Fsp3) is 0.244. The highest BCUT2D eigenvalue weighted by atomic mass is 35.5. The highest BCUT2D eigenvalue weighted by Gasteiger charge is 2.24. The van der Waals surface area contributed by atoms with Crippen molar-refractivity contribution in [2.45, 2.75) is 37.8 Å². The van der Waals surface area contributed by atoms with Crippen LogP contribution in [0.25, 0.3) is 67.5 Å². The van der Waals surface area contributed by atoms with Crippen molar-refractivity contribution in [1.82, 2.24) is 19.5 Å². The normalized spacial score (nSPS) is 15.0. The van der Waals surface area contributed by atoms with Crippen LogP contribution in [0.1, 0.15) is 42.1 Å². The van der Waals surface area contributed by atoms with Crippen LogP contribution in [0, 0.1) is 0 Å². The number of nitrogens with zero attached hydrogens (tertiary/aromatic N) is 4. The summed E-state index contributed by atoms with van der Waals surface area (Å²) in [5, 5.41) is 4.74. The number of oxazole rings is 2. The van der Waals surface area contributed by atoms with Gasteiger partial charge in [0.05, 0.1) is 35.1 Å². The Hall–Kier alpha value is -5.92. The number of fused-ring (bicyclic) bond motifs is 3. The number of aromatic nitrogens is 4. The van der Waals surface area contributed by atoms with E-state index in [4.69, 9.17) is 57.0 Å². The lowest BCUT2D eigenvalue weighted by atomic mass is 10.1. The number of imidazole rings is 1. The van der Waals surface area contributed by atoms with Crippen molar-refractivity contribution in [3.63, 3.8) is 0 Å². The first-order chi connectivity index (χ1) is 28.8. The Morgan fingerprint density at radius 2 is 1.27 bits per heavy atom. The third-order valence-corrected chi connectivity index (χ3v) is 11.1. The molecule has 0 spiro atoms. The zero-order valence-corrected chi connectivity index (χ0v) is 33.6. The molecule has 2 fully saturated rings. The van der Waals surface area contributed by atoms with Crippen molar-refractivity contribution in [2.75, 3.05) is 44.6 Å². The second kappa shape index (κ2) is 16.7. The highest BCUT2D eigenvalue weighted by molar-refractivity contribution is 6.31. The number of nitrogens with two attached hydrogens (primary N) is 1. The molecule has 2 aliphatic rings. The number of carbonyl (C=O) groups is 1. The van der Waals surface area contributed by atoms with E-state index in [9.17, 15) is 4.79 Å². The Morgan fingerprint density at radius 1 is 0.695 bits per heavy atom. The average molecular weight is 832 g/mol. The molecule has 5 heterocycles. The lowest BCUT2D eigenvalue weighted by molar-refractivity contribution is 0.0600. The number of halogens is 2. The van der Waals surface area contributed by atoms with Crippen LogP contribution in [-0.2, 0) is 14.2 Å². The quantitative estimate of drug-likeness (QED) is 0.117. The van der Waals surface area contributed by atoms with E-state index in [1.807, 2.05) is 54.6 Å². The highest BCUT2D eigenvalue weighted by Crippen LogP contribution is 2.36. The summed E-state index contributed by atoms with van der Waals surface area (Å²) >= 11 is 12.1. The van der Waals surface area contributed by atoms with Crippen molar-refractivity contribution in [2.24, 2.45) is 0 Å². The summed E-state index contributed by atoms with van der Waals surface area (Å²) in [6.07, 6.45) is 3.80. The van der Waals surface area contributed by atoms with E-state index < -0.39 is 0 Å². The molecule has 0 bridgehead atoms. The van der Waals surface area contributed by atoms with Crippen LogP contribution < -0.4 is 11.1 Å². The largest absolute Gasteiger partial charge is 0.465 e. The molecule has 12 nitrogen and oxygen atoms in total. The Morgan fingerprint density at radius 3 is 1.88 bits per heavy atom. The number of nitrogen functional groups attached to an aromatic ring is 1. The van der Waals surface area contributed by atoms with E-state index in [0.717, 1.165) is 83.6 Å². The monoisotopic (exact) mass is 830 g/mol. The van der Waals surface area contributed by atoms with Crippen molar-refractivity contribution >= 4 is 73.8 Å². The number of esters is 1. The average Bonchev–Trinajstić information content (AvgIpc) is 4.00. The van der Waals surface area contributed by atoms with Gasteiger partial charge < -0.3 is 38.7 Å². The SMILES string of the molecule is COC(=O)c1ccc(-c2nc3cc(-c4nc5cc(Cl)ccc5o4)ccc3n2C2CCOCC2)cc1.Nc1cc(-c2nc3cc(Cl)ccc3o2)ccc1NC1CCOCC1. The minimum atomic E-state index is -0.362. The van der Waals surface area contributed by atoms with E-state index in [2.05, 4.69) is 25.9 Å². The fourth-order valence-corrected chi connectivity index (χ4v) is 7.89. The summed E-state index contributed by atoms with van der Waals surface area (Å²) in [5.41, 5.74) is 15.7. The molecule has 10 rings (SSSR count). The number of anilines is 2. The Kier molecular flexibility index (Phi) is 11.0. The topological polar surface area (TPSA) is 153 Å². The van der Waals surface area contributed by atoms with Crippen LogP contribution in [0.3, 0.4) is 0 Å². The molecule has 0 atom stereocenters. The van der Waals surface area contributed by atoms with Crippen LogP contribution in [0.2, 0.25) is 10.0 Å². The number of carbonyl (C=O) groups excluding carboxylic acids is 1. The molecule has 3 N–H and O–H groups in total. The molecule has 0 amide bonds. The zero-order valence-electron chi connectivity index (χ0n) is 32.1. The maximum Gasteiger partial charge on any atom is 0.337 e. The summed E-state index contributed by atoms with van der Waals surface area (Å²) in [7, 11) is 1.38. The summed E-state index contributed by atoms with van der Waals surface area (Å²) < 4.78 is 29.9. The first-order valence-electron chi connectivity index (χ1n) is 19.4. The molecule has 0 saturated carbocycles. The maximum absolute atomic E-state index is 11.9. The summed E-state index contributed by atoms with van der Waals surface area (Å²) in [6, 6.07) is 30.7. The van der Waals surface area contributed by atoms with Gasteiger partial charge in [0.25, 0.3) is 0 Å². The van der Waals surface area contributed by atoms with Gasteiger partial charge >= 0.3 is 5.97 Å². The Bertz CT molecular complexity index is 2790. The predicted octanol–water partition coefficient (Wildman–Crippen LogP) is 10.6. The van der Waals surface area contributed by atoms with Crippen LogP contribution in [0.15, 0.2) is 106 Å². The minimum Gasteiger partial charge on any atom is -0.465 e.